The van der Waals surface area contributed by atoms with Crippen LogP contribution in [-0.4, -0.2) is 147 Å². The number of esters is 1. The molecule has 2 amide bonds. The number of nitrogens with one attached hydrogen (secondary N) is 2. The highest BCUT2D eigenvalue weighted by Crippen LogP contribution is 2.50. The number of aliphatic imine (C=N–C) groups is 1. The lowest BCUT2D eigenvalue weighted by atomic mass is 9.78. The quantitative estimate of drug-likeness (QED) is 0.152. The number of ether oxygens (including phenoxy) is 3. The largest absolute Gasteiger partial charge is 0.507 e. The third-order valence-corrected chi connectivity index (χ3v) is 17.2. The fourth-order valence-corrected chi connectivity index (χ4v) is 12.3. The minimum atomic E-state index is -1.96. The van der Waals surface area contributed by atoms with Crippen LogP contribution in [0, 0.1) is 41.9 Å². The lowest BCUT2D eigenvalue weighted by Crippen LogP contribution is -2.56. The fourth-order valence-electron chi connectivity index (χ4n) is 12.3. The Bertz CT molecular complexity index is 2580. The zero-order valence-electron chi connectivity index (χ0n) is 46.1. The number of piperidine rings is 1. The molecule has 17 nitrogen and oxygen atoms in total. The van der Waals surface area contributed by atoms with Crippen LogP contribution in [0.3, 0.4) is 0 Å². The Balaban J connectivity index is 1.11. The number of benzene rings is 1. The highest BCUT2D eigenvalue weighted by Gasteiger charge is 2.55. The number of aliphatic hydroxyl groups excluding tert-OH is 2. The maximum absolute atomic E-state index is 14.9. The number of likely N-dealkylation sites (tertiary alicyclic amines) is 1. The highest BCUT2D eigenvalue weighted by atomic mass is 16.7. The van der Waals surface area contributed by atoms with E-state index in [0.717, 1.165) is 19.6 Å². The van der Waals surface area contributed by atoms with Crippen molar-refractivity contribution < 1.29 is 53.5 Å². The van der Waals surface area contributed by atoms with Crippen molar-refractivity contribution in [2.75, 3.05) is 45.8 Å². The predicted octanol–water partition coefficient (Wildman–Crippen LogP) is 6.47. The number of aliphatic hydroxyl groups is 2. The first-order chi connectivity index (χ1) is 35.4. The minimum Gasteiger partial charge on any atom is -0.507 e. The third-order valence-electron chi connectivity index (χ3n) is 17.2. The van der Waals surface area contributed by atoms with Crippen molar-refractivity contribution in [1.29, 1.82) is 0 Å². The number of carbonyl (C=O) groups excluding carboxylic acids is 5. The van der Waals surface area contributed by atoms with Crippen LogP contribution in [0.2, 0.25) is 0 Å². The number of hydrogen-bond acceptors (Lipinski definition) is 15. The van der Waals surface area contributed by atoms with Gasteiger partial charge in [0.25, 0.3) is 11.7 Å². The smallest absolute Gasteiger partial charge is 0.321 e. The van der Waals surface area contributed by atoms with Crippen LogP contribution < -0.4 is 15.4 Å². The van der Waals surface area contributed by atoms with E-state index in [9.17, 15) is 39.3 Å². The molecule has 3 fully saturated rings. The number of piperazine rings is 1. The second-order valence-electron chi connectivity index (χ2n) is 23.8. The molecule has 410 valence electrons. The van der Waals surface area contributed by atoms with Crippen LogP contribution in [0.5, 0.6) is 11.5 Å². The van der Waals surface area contributed by atoms with Crippen molar-refractivity contribution in [2.45, 2.75) is 163 Å². The Morgan fingerprint density at radius 3 is 2.23 bits per heavy atom. The highest BCUT2D eigenvalue weighted by molar-refractivity contribution is 6.34. The van der Waals surface area contributed by atoms with Gasteiger partial charge in [-0.2, -0.15) is 0 Å². The van der Waals surface area contributed by atoms with Gasteiger partial charge in [0.15, 0.2) is 0 Å². The molecule has 0 aromatic heterocycles. The molecule has 1 spiro atoms. The summed E-state index contributed by atoms with van der Waals surface area (Å²) in [4.78, 5) is 84.3. The Morgan fingerprint density at radius 1 is 0.907 bits per heavy atom. The molecule has 6 heterocycles. The summed E-state index contributed by atoms with van der Waals surface area (Å²) in [6.07, 6.45) is 12.1. The van der Waals surface area contributed by atoms with Gasteiger partial charge in [0.1, 0.15) is 34.4 Å². The number of ketones is 2. The zero-order chi connectivity index (χ0) is 54.5. The Kier molecular flexibility index (Phi) is 16.3. The van der Waals surface area contributed by atoms with Crippen molar-refractivity contribution in [3.8, 4) is 11.5 Å². The summed E-state index contributed by atoms with van der Waals surface area (Å²) in [7, 11) is 0. The van der Waals surface area contributed by atoms with Crippen molar-refractivity contribution in [1.82, 2.24) is 25.3 Å². The first-order valence-electron chi connectivity index (χ1n) is 27.5. The van der Waals surface area contributed by atoms with Crippen LogP contribution in [0.15, 0.2) is 52.5 Å². The predicted molar refractivity (Wildman–Crippen MR) is 284 cm³/mol. The van der Waals surface area contributed by atoms with Gasteiger partial charge in [-0.3, -0.25) is 33.9 Å². The summed E-state index contributed by atoms with van der Waals surface area (Å²) in [5.41, 5.74) is -1.74. The van der Waals surface area contributed by atoms with E-state index in [1.807, 2.05) is 6.92 Å². The lowest BCUT2D eigenvalue weighted by Gasteiger charge is -2.42. The molecular weight excluding hydrogens is 957 g/mol. The topological polar surface area (TPSA) is 220 Å². The Labute approximate surface area is 442 Å². The molecule has 8 aliphatic rings. The van der Waals surface area contributed by atoms with Crippen LogP contribution >= 0.6 is 0 Å². The van der Waals surface area contributed by atoms with E-state index in [2.05, 4.69) is 34.3 Å². The molecule has 1 saturated carbocycles. The van der Waals surface area contributed by atoms with E-state index >= 15 is 0 Å². The summed E-state index contributed by atoms with van der Waals surface area (Å²) >= 11 is 0. The van der Waals surface area contributed by atoms with Crippen molar-refractivity contribution >= 4 is 35.1 Å². The van der Waals surface area contributed by atoms with Gasteiger partial charge < -0.3 is 50.0 Å². The molecular formula is C58H82N6O11. The Morgan fingerprint density at radius 2 is 1.57 bits per heavy atom. The van der Waals surface area contributed by atoms with Gasteiger partial charge in [-0.05, 0) is 64.9 Å². The molecule has 2 aliphatic carbocycles. The second-order valence-corrected chi connectivity index (χ2v) is 23.8. The molecule has 1 aromatic rings. The molecule has 5 bridgehead atoms. The minimum absolute atomic E-state index is 0.0230. The first kappa shape index (κ1) is 55.9. The fraction of sp³-hybridized carbons (Fsp3) is 0.655. The molecule has 75 heavy (non-hydrogen) atoms. The van der Waals surface area contributed by atoms with Crippen LogP contribution in [0.1, 0.15) is 152 Å². The van der Waals surface area contributed by atoms with Crippen molar-refractivity contribution in [3.63, 3.8) is 0 Å². The number of phenolic OH excluding ortho intramolecular Hbond substituents is 1. The summed E-state index contributed by atoms with van der Waals surface area (Å²) in [5.74, 6) is -7.35. The summed E-state index contributed by atoms with van der Waals surface area (Å²) in [6.45, 7) is 24.1. The number of nitrogens with zero attached hydrogens (tertiary/aromatic N) is 4. The number of hydrogen-bond donors (Lipinski definition) is 5. The molecule has 5 N–H and O–H groups in total. The number of amides is 2. The van der Waals surface area contributed by atoms with E-state index in [4.69, 9.17) is 19.2 Å². The molecule has 8 atom stereocenters. The average molecular weight is 1040 g/mol. The number of Topliss-reactive ketones (excluding diaryl/α,β-unsaturated/α-hetero) is 2. The van der Waals surface area contributed by atoms with E-state index in [0.29, 0.717) is 51.0 Å². The van der Waals surface area contributed by atoms with Gasteiger partial charge in [0.05, 0.1) is 41.0 Å². The van der Waals surface area contributed by atoms with Crippen molar-refractivity contribution in [2.24, 2.45) is 40.0 Å². The molecule has 9 rings (SSSR count). The molecule has 1 aromatic carbocycles. The van der Waals surface area contributed by atoms with Gasteiger partial charge in [0.2, 0.25) is 11.7 Å². The maximum Gasteiger partial charge on any atom is 0.321 e. The first-order valence-corrected chi connectivity index (χ1v) is 27.5. The normalized spacial score (nSPS) is 31.9. The molecule has 17 heteroatoms. The maximum atomic E-state index is 14.9. The molecule has 6 aliphatic heterocycles. The third kappa shape index (κ3) is 10.8. The van der Waals surface area contributed by atoms with Crippen molar-refractivity contribution in [3.05, 3.63) is 69.8 Å². The summed E-state index contributed by atoms with van der Waals surface area (Å²) in [5, 5.41) is 42.0. The summed E-state index contributed by atoms with van der Waals surface area (Å²) in [6, 6.07) is 0.527. The molecule has 0 radical (unpaired) electrons. The number of phenols is 1. The standard InChI is InChI=1S/C58H82N6O11/c1-32(2)31-62-24-22-58(23-25-62)60-43-40-41-48(67)38(8)51-42(40)52(69)57(11,75-51)73-30-16-19-34(4)50(74-55(72)56(9,10)54(71)64-28-26-63(27-29-64)39-20-13-12-14-21-39)37(7)47(66)36(6)46(65)33(3)17-15-18-35(5)53(70)59-45(49(41)68)44(43)61-58/h15-18,30,32-34,36-37,39,46-47,50,61,65-67H,12-14,19-29,31H2,1-11H3,(H,59,70)/b17-15+,30-16+,35-18-/t33-,34+,36+,37+,46-,47+,50+,57-/m0/s1. The summed E-state index contributed by atoms with van der Waals surface area (Å²) < 4.78 is 18.9. The Hall–Kier alpha value is -5.36. The number of fused-ring (bicyclic) bond motifs is 13. The van der Waals surface area contributed by atoms with Gasteiger partial charge in [-0.1, -0.05) is 79.0 Å². The van der Waals surface area contributed by atoms with E-state index < -0.39 is 88.0 Å². The zero-order valence-corrected chi connectivity index (χ0v) is 46.1. The van der Waals surface area contributed by atoms with Gasteiger partial charge in [-0.25, -0.2) is 0 Å². The van der Waals surface area contributed by atoms with Crippen LogP contribution in [-0.2, 0) is 23.9 Å². The number of allylic oxidation sites excluding steroid dienone is 5. The molecule has 2 saturated heterocycles. The second kappa shape index (κ2) is 21.9. The van der Waals surface area contributed by atoms with Gasteiger partial charge >= 0.3 is 11.8 Å². The van der Waals surface area contributed by atoms with Crippen LogP contribution in [0.4, 0.5) is 0 Å². The monoisotopic (exact) mass is 1040 g/mol. The van der Waals surface area contributed by atoms with Crippen LogP contribution in [0.25, 0.3) is 0 Å². The number of rotatable bonds is 6. The number of carbonyl (C=O) groups is 5. The van der Waals surface area contributed by atoms with Gasteiger partial charge in [-0.15, -0.1) is 0 Å². The van der Waals surface area contributed by atoms with Gasteiger partial charge in [0, 0.05) is 106 Å². The van der Waals surface area contributed by atoms with E-state index in [1.165, 1.54) is 45.3 Å². The van der Waals surface area contributed by atoms with E-state index in [1.54, 1.807) is 77.7 Å². The molecule has 0 unspecified atom stereocenters. The number of aromatic hydroxyl groups is 1. The average Bonchev–Trinajstić information content (AvgIpc) is 3.89. The van der Waals surface area contributed by atoms with E-state index in [-0.39, 0.29) is 63.0 Å². The SMILES string of the molecule is C/C1=C/C=C/[C@H](C)[C@H](O)[C@@H](C)[C@@H](O)[C@@H](C)[C@H](OC(=O)C(C)(C)C(=O)N2CCN(C3CCCCC3)CC2)[C@H](C)C/C=C/O[C@@]2(C)Oc3c(C)c(O)c4c(c3C2=O)C2=NC3(CCN(CC(C)C)CC3)NC2=C(NC1=O)C4=O. The lowest BCUT2D eigenvalue weighted by molar-refractivity contribution is -0.175.